The second kappa shape index (κ2) is 6.39. The zero-order chi connectivity index (χ0) is 21.2. The number of benzene rings is 3. The molecule has 0 atom stereocenters. The van der Waals surface area contributed by atoms with Crippen LogP contribution in [0.25, 0.3) is 22.2 Å². The summed E-state index contributed by atoms with van der Waals surface area (Å²) in [5.74, 6) is -0.0594. The Hall–Kier alpha value is -3.73. The van der Waals surface area contributed by atoms with Crippen LogP contribution in [0.2, 0.25) is 0 Å². The third kappa shape index (κ3) is 2.52. The van der Waals surface area contributed by atoms with Crippen LogP contribution in [0.1, 0.15) is 32.6 Å². The van der Waals surface area contributed by atoms with Crippen LogP contribution >= 0.6 is 0 Å². The number of ketones is 1. The second-order valence-electron chi connectivity index (χ2n) is 7.96. The van der Waals surface area contributed by atoms with Gasteiger partial charge in [-0.1, -0.05) is 42.0 Å². The molecule has 5 rings (SSSR count). The normalized spacial score (nSPS) is 12.2. The monoisotopic (exact) mass is 395 g/mol. The number of aromatic nitrogens is 2. The van der Waals surface area contributed by atoms with Gasteiger partial charge >= 0.3 is 5.69 Å². The molecular formula is C25H21N3O2. The van der Waals surface area contributed by atoms with Crippen molar-refractivity contribution in [2.75, 3.05) is 5.32 Å². The van der Waals surface area contributed by atoms with Crippen LogP contribution in [0, 0.1) is 20.8 Å². The fraction of sp³-hybridized carbons (Fsp3) is 0.160. The van der Waals surface area contributed by atoms with Crippen molar-refractivity contribution in [3.05, 3.63) is 86.8 Å². The molecule has 1 aliphatic carbocycles. The highest BCUT2D eigenvalue weighted by Gasteiger charge is 2.31. The van der Waals surface area contributed by atoms with E-state index in [4.69, 9.17) is 0 Å². The van der Waals surface area contributed by atoms with Crippen LogP contribution in [0.4, 0.5) is 11.4 Å². The van der Waals surface area contributed by atoms with Crippen LogP contribution in [-0.4, -0.2) is 15.3 Å². The molecule has 0 amide bonds. The van der Waals surface area contributed by atoms with E-state index < -0.39 is 0 Å². The van der Waals surface area contributed by atoms with Crippen molar-refractivity contribution in [3.8, 4) is 11.3 Å². The number of aryl methyl sites for hydroxylation is 4. The Morgan fingerprint density at radius 3 is 2.33 bits per heavy atom. The largest absolute Gasteiger partial charge is 0.355 e. The summed E-state index contributed by atoms with van der Waals surface area (Å²) < 4.78 is 1.53. The summed E-state index contributed by atoms with van der Waals surface area (Å²) in [6.07, 6.45) is 0. The fourth-order valence-corrected chi connectivity index (χ4v) is 4.44. The molecule has 148 valence electrons. The van der Waals surface area contributed by atoms with Crippen molar-refractivity contribution in [3.63, 3.8) is 0 Å². The van der Waals surface area contributed by atoms with E-state index in [0.717, 1.165) is 33.4 Å². The number of fused-ring (bicyclic) bond motifs is 2. The van der Waals surface area contributed by atoms with Gasteiger partial charge in [0, 0.05) is 29.2 Å². The Bertz CT molecular complexity index is 1450. The molecule has 1 heterocycles. The maximum Gasteiger partial charge on any atom is 0.348 e. The number of carbonyl (C=O) groups is 1. The van der Waals surface area contributed by atoms with Gasteiger partial charge in [-0.3, -0.25) is 9.36 Å². The molecule has 0 spiro atoms. The summed E-state index contributed by atoms with van der Waals surface area (Å²) in [5.41, 5.74) is 7.70. The molecule has 0 saturated heterocycles. The Labute approximate surface area is 174 Å². The smallest absolute Gasteiger partial charge is 0.348 e. The molecule has 1 aliphatic rings. The van der Waals surface area contributed by atoms with Crippen LogP contribution in [-0.2, 0) is 7.05 Å². The van der Waals surface area contributed by atoms with E-state index in [2.05, 4.69) is 23.3 Å². The summed E-state index contributed by atoms with van der Waals surface area (Å²) in [4.78, 5) is 30.5. The predicted octanol–water partition coefficient (Wildman–Crippen LogP) is 4.81. The summed E-state index contributed by atoms with van der Waals surface area (Å²) in [6, 6.07) is 15.5. The van der Waals surface area contributed by atoms with Gasteiger partial charge < -0.3 is 5.32 Å². The molecule has 1 N–H and O–H groups in total. The number of nitrogens with zero attached hydrogens (tertiary/aromatic N) is 2. The van der Waals surface area contributed by atoms with Gasteiger partial charge in [-0.15, -0.1) is 0 Å². The first-order valence-corrected chi connectivity index (χ1v) is 9.89. The van der Waals surface area contributed by atoms with E-state index >= 15 is 0 Å². The Morgan fingerprint density at radius 1 is 0.867 bits per heavy atom. The average molecular weight is 395 g/mol. The molecule has 5 nitrogen and oxygen atoms in total. The molecule has 30 heavy (non-hydrogen) atoms. The molecule has 0 aliphatic heterocycles. The lowest BCUT2D eigenvalue weighted by Gasteiger charge is -2.24. The van der Waals surface area contributed by atoms with Crippen LogP contribution in [0.3, 0.4) is 0 Å². The highest BCUT2D eigenvalue weighted by atomic mass is 16.1. The zero-order valence-corrected chi connectivity index (χ0v) is 17.3. The number of carbonyl (C=O) groups excluding carboxylic acids is 1. The molecular weight excluding hydrogens is 374 g/mol. The minimum Gasteiger partial charge on any atom is -0.355 e. The lowest BCUT2D eigenvalue weighted by atomic mass is 9.84. The average Bonchev–Trinajstić information content (AvgIpc) is 2.71. The zero-order valence-electron chi connectivity index (χ0n) is 17.3. The standard InChI is InChI=1S/C25H21N3O2/c1-13-9-10-18(14(2)11-13)26-19-12-15(3)23-21-20(19)24(29)17-8-6-5-7-16(17)22(21)27-25(30)28(23)4/h5-12,26H,1-4H3. The Morgan fingerprint density at radius 2 is 1.60 bits per heavy atom. The molecule has 5 heteroatoms. The Balaban J connectivity index is 1.88. The van der Waals surface area contributed by atoms with E-state index in [9.17, 15) is 9.59 Å². The minimum atomic E-state index is -0.328. The molecule has 4 aromatic rings. The minimum absolute atomic E-state index is 0.0594. The lowest BCUT2D eigenvalue weighted by Crippen LogP contribution is -2.25. The highest BCUT2D eigenvalue weighted by Crippen LogP contribution is 2.42. The van der Waals surface area contributed by atoms with Gasteiger partial charge in [0.2, 0.25) is 0 Å². The highest BCUT2D eigenvalue weighted by molar-refractivity contribution is 6.28. The summed E-state index contributed by atoms with van der Waals surface area (Å²) in [7, 11) is 1.70. The first kappa shape index (κ1) is 18.3. The maximum absolute atomic E-state index is 13.6. The topological polar surface area (TPSA) is 64.0 Å². The van der Waals surface area contributed by atoms with Crippen molar-refractivity contribution in [1.82, 2.24) is 9.55 Å². The third-order valence-electron chi connectivity index (χ3n) is 5.86. The fourth-order valence-electron chi connectivity index (χ4n) is 4.44. The van der Waals surface area contributed by atoms with Crippen molar-refractivity contribution in [2.24, 2.45) is 7.05 Å². The van der Waals surface area contributed by atoms with E-state index in [0.29, 0.717) is 22.4 Å². The molecule has 0 unspecified atom stereocenters. The van der Waals surface area contributed by atoms with Crippen LogP contribution in [0.15, 0.2) is 53.3 Å². The number of rotatable bonds is 2. The summed E-state index contributed by atoms with van der Waals surface area (Å²) in [5, 5.41) is 4.20. The van der Waals surface area contributed by atoms with Gasteiger partial charge in [-0.25, -0.2) is 4.79 Å². The van der Waals surface area contributed by atoms with Gasteiger partial charge in [0.1, 0.15) is 0 Å². The Kier molecular flexibility index (Phi) is 3.90. The van der Waals surface area contributed by atoms with Crippen LogP contribution < -0.4 is 11.0 Å². The molecule has 3 aromatic carbocycles. The quantitative estimate of drug-likeness (QED) is 0.466. The van der Waals surface area contributed by atoms with Crippen LogP contribution in [0.5, 0.6) is 0 Å². The molecule has 0 bridgehead atoms. The number of anilines is 2. The van der Waals surface area contributed by atoms with Gasteiger partial charge in [0.25, 0.3) is 0 Å². The van der Waals surface area contributed by atoms with E-state index in [1.807, 2.05) is 50.2 Å². The van der Waals surface area contributed by atoms with Crippen molar-refractivity contribution in [2.45, 2.75) is 20.8 Å². The molecule has 0 fully saturated rings. The first-order chi connectivity index (χ1) is 14.4. The van der Waals surface area contributed by atoms with E-state index in [1.54, 1.807) is 13.1 Å². The lowest BCUT2D eigenvalue weighted by molar-refractivity contribution is 0.104. The van der Waals surface area contributed by atoms with Gasteiger partial charge in [0.05, 0.1) is 22.5 Å². The molecule has 0 radical (unpaired) electrons. The summed E-state index contributed by atoms with van der Waals surface area (Å²) in [6.45, 7) is 6.06. The third-order valence-corrected chi connectivity index (χ3v) is 5.86. The SMILES string of the molecule is Cc1ccc(Nc2cc(C)c3c4c(nc(=O)n3C)-c3ccccc3C(=O)c24)c(C)c1. The van der Waals surface area contributed by atoms with Crippen molar-refractivity contribution >= 4 is 28.1 Å². The first-order valence-electron chi connectivity index (χ1n) is 9.89. The van der Waals surface area contributed by atoms with Gasteiger partial charge in [-0.05, 0) is 44.0 Å². The second-order valence-corrected chi connectivity index (χ2v) is 7.96. The number of nitrogens with one attached hydrogen (secondary N) is 1. The molecule has 1 aromatic heterocycles. The van der Waals surface area contributed by atoms with Crippen molar-refractivity contribution in [1.29, 1.82) is 0 Å². The predicted molar refractivity (Wildman–Crippen MR) is 120 cm³/mol. The maximum atomic E-state index is 13.6. The van der Waals surface area contributed by atoms with Gasteiger partial charge in [0.15, 0.2) is 5.78 Å². The molecule has 0 saturated carbocycles. The van der Waals surface area contributed by atoms with E-state index in [-0.39, 0.29) is 11.5 Å². The number of hydrogen-bond donors (Lipinski definition) is 1. The van der Waals surface area contributed by atoms with Gasteiger partial charge in [-0.2, -0.15) is 4.98 Å². The van der Waals surface area contributed by atoms with Crippen molar-refractivity contribution < 1.29 is 4.79 Å². The summed E-state index contributed by atoms with van der Waals surface area (Å²) >= 11 is 0. The van der Waals surface area contributed by atoms with E-state index in [1.165, 1.54) is 10.1 Å². The number of hydrogen-bond acceptors (Lipinski definition) is 4.